The quantitative estimate of drug-likeness (QED) is 0.669. The Labute approximate surface area is 75.6 Å². The summed E-state index contributed by atoms with van der Waals surface area (Å²) < 4.78 is 0. The molecule has 1 heteroatoms. The number of rotatable bonds is 2. The smallest absolute Gasteiger partial charge is 0.0316 e. The maximum absolute atomic E-state index is 5.59. The Morgan fingerprint density at radius 1 is 1.25 bits per heavy atom. The number of hydrogen-bond donors (Lipinski definition) is 1. The summed E-state index contributed by atoms with van der Waals surface area (Å²) in [5.41, 5.74) is 7.79. The van der Waals surface area contributed by atoms with Crippen molar-refractivity contribution in [3.63, 3.8) is 0 Å². The van der Waals surface area contributed by atoms with Crippen LogP contribution in [0.1, 0.15) is 32.8 Å². The van der Waals surface area contributed by atoms with Crippen LogP contribution in [0.15, 0.2) is 24.3 Å². The first-order valence-electron chi connectivity index (χ1n) is 4.67. The van der Waals surface area contributed by atoms with Gasteiger partial charge in [0, 0.05) is 5.69 Å². The van der Waals surface area contributed by atoms with E-state index < -0.39 is 0 Å². The molecule has 1 rings (SSSR count). The van der Waals surface area contributed by atoms with Crippen LogP contribution < -0.4 is 5.73 Å². The summed E-state index contributed by atoms with van der Waals surface area (Å²) in [5.74, 6) is 0. The molecule has 0 heterocycles. The Morgan fingerprint density at radius 3 is 2.42 bits per heavy atom. The van der Waals surface area contributed by atoms with Gasteiger partial charge in [0.2, 0.25) is 0 Å². The first kappa shape index (κ1) is 11.0. The van der Waals surface area contributed by atoms with E-state index in [0.29, 0.717) is 0 Å². The first-order valence-corrected chi connectivity index (χ1v) is 4.67. The third kappa shape index (κ3) is 4.02. The highest BCUT2D eigenvalue weighted by Gasteiger charge is 1.89. The minimum absolute atomic E-state index is 0.867. The van der Waals surface area contributed by atoms with Crippen molar-refractivity contribution in [2.24, 2.45) is 0 Å². The minimum atomic E-state index is 0.867. The van der Waals surface area contributed by atoms with Crippen LogP contribution in [-0.4, -0.2) is 0 Å². The number of nitrogen functional groups attached to an aromatic ring is 1. The molecule has 0 amide bonds. The van der Waals surface area contributed by atoms with E-state index in [-0.39, 0.29) is 0 Å². The van der Waals surface area contributed by atoms with Crippen LogP contribution in [0.25, 0.3) is 0 Å². The van der Waals surface area contributed by atoms with Gasteiger partial charge < -0.3 is 5.73 Å². The molecular formula is C11H19N. The molecule has 0 bridgehead atoms. The lowest BCUT2D eigenvalue weighted by Gasteiger charge is -1.98. The van der Waals surface area contributed by atoms with Gasteiger partial charge in [0.15, 0.2) is 0 Å². The van der Waals surface area contributed by atoms with E-state index in [9.17, 15) is 0 Å². The van der Waals surface area contributed by atoms with Crippen LogP contribution >= 0.6 is 0 Å². The largest absolute Gasteiger partial charge is 0.399 e. The highest BCUT2D eigenvalue weighted by atomic mass is 14.5. The van der Waals surface area contributed by atoms with Gasteiger partial charge in [-0.05, 0) is 24.1 Å². The molecule has 68 valence electrons. The second-order valence-electron chi connectivity index (χ2n) is 2.50. The number of nitrogens with two attached hydrogens (primary N) is 1. The minimum Gasteiger partial charge on any atom is -0.399 e. The Balaban J connectivity index is 0.000000561. The fourth-order valence-electron chi connectivity index (χ4n) is 1.04. The first-order chi connectivity index (χ1) is 5.83. The van der Waals surface area contributed by atoms with E-state index in [1.165, 1.54) is 12.0 Å². The van der Waals surface area contributed by atoms with E-state index in [0.717, 1.165) is 12.1 Å². The molecular weight excluding hydrogens is 146 g/mol. The number of benzene rings is 1. The summed E-state index contributed by atoms with van der Waals surface area (Å²) >= 11 is 0. The van der Waals surface area contributed by atoms with Crippen molar-refractivity contribution < 1.29 is 0 Å². The van der Waals surface area contributed by atoms with Crippen LogP contribution in [0, 0.1) is 0 Å². The normalized spacial score (nSPS) is 8.58. The van der Waals surface area contributed by atoms with E-state index in [4.69, 9.17) is 5.73 Å². The SMILES string of the molecule is CC.CCCc1cccc(N)c1. The molecule has 0 aliphatic heterocycles. The molecule has 0 unspecified atom stereocenters. The van der Waals surface area contributed by atoms with Gasteiger partial charge in [0.1, 0.15) is 0 Å². The second kappa shape index (κ2) is 6.71. The van der Waals surface area contributed by atoms with E-state index in [1.54, 1.807) is 0 Å². The molecule has 0 aliphatic rings. The van der Waals surface area contributed by atoms with E-state index in [2.05, 4.69) is 13.0 Å². The third-order valence-corrected chi connectivity index (χ3v) is 1.49. The summed E-state index contributed by atoms with van der Waals surface area (Å²) in [5, 5.41) is 0. The Kier molecular flexibility index (Phi) is 6.16. The van der Waals surface area contributed by atoms with Crippen molar-refractivity contribution >= 4 is 5.69 Å². The maximum Gasteiger partial charge on any atom is 0.0316 e. The molecule has 0 fully saturated rings. The predicted molar refractivity (Wildman–Crippen MR) is 56.2 cm³/mol. The molecule has 2 N–H and O–H groups in total. The van der Waals surface area contributed by atoms with E-state index in [1.807, 2.05) is 32.0 Å². The van der Waals surface area contributed by atoms with Crippen LogP contribution in [-0.2, 0) is 6.42 Å². The summed E-state index contributed by atoms with van der Waals surface area (Å²) in [6, 6.07) is 8.06. The molecule has 1 aromatic carbocycles. The summed E-state index contributed by atoms with van der Waals surface area (Å²) in [7, 11) is 0. The molecule has 0 saturated heterocycles. The van der Waals surface area contributed by atoms with Crippen molar-refractivity contribution in [3.05, 3.63) is 29.8 Å². The number of hydrogen-bond acceptors (Lipinski definition) is 1. The van der Waals surface area contributed by atoms with Crippen molar-refractivity contribution in [2.75, 3.05) is 5.73 Å². The van der Waals surface area contributed by atoms with Crippen LogP contribution in [0.2, 0.25) is 0 Å². The maximum atomic E-state index is 5.59. The van der Waals surface area contributed by atoms with Gasteiger partial charge in [-0.25, -0.2) is 0 Å². The summed E-state index contributed by atoms with van der Waals surface area (Å²) in [6.45, 7) is 6.17. The third-order valence-electron chi connectivity index (χ3n) is 1.49. The molecule has 0 aliphatic carbocycles. The Morgan fingerprint density at radius 2 is 1.92 bits per heavy atom. The molecule has 0 atom stereocenters. The molecule has 0 aromatic heterocycles. The van der Waals surface area contributed by atoms with Crippen LogP contribution in [0.4, 0.5) is 5.69 Å². The molecule has 12 heavy (non-hydrogen) atoms. The Bertz CT molecular complexity index is 206. The molecule has 0 saturated carbocycles. The molecule has 0 radical (unpaired) electrons. The standard InChI is InChI=1S/C9H13N.C2H6/c1-2-4-8-5-3-6-9(10)7-8;1-2/h3,5-7H,2,4,10H2,1H3;1-2H3. The highest BCUT2D eigenvalue weighted by molar-refractivity contribution is 5.40. The summed E-state index contributed by atoms with van der Waals surface area (Å²) in [4.78, 5) is 0. The lowest BCUT2D eigenvalue weighted by atomic mass is 10.1. The van der Waals surface area contributed by atoms with Crippen molar-refractivity contribution in [1.82, 2.24) is 0 Å². The van der Waals surface area contributed by atoms with Gasteiger partial charge in [-0.1, -0.05) is 39.3 Å². The van der Waals surface area contributed by atoms with Gasteiger partial charge in [0.25, 0.3) is 0 Å². The highest BCUT2D eigenvalue weighted by Crippen LogP contribution is 2.07. The summed E-state index contributed by atoms with van der Waals surface area (Å²) in [6.07, 6.45) is 2.31. The van der Waals surface area contributed by atoms with Crippen LogP contribution in [0.5, 0.6) is 0 Å². The number of aryl methyl sites for hydroxylation is 1. The van der Waals surface area contributed by atoms with E-state index >= 15 is 0 Å². The Hall–Kier alpha value is -0.980. The van der Waals surface area contributed by atoms with Crippen molar-refractivity contribution in [3.8, 4) is 0 Å². The molecule has 1 aromatic rings. The molecule has 1 nitrogen and oxygen atoms in total. The average molecular weight is 165 g/mol. The monoisotopic (exact) mass is 165 g/mol. The van der Waals surface area contributed by atoms with Gasteiger partial charge in [-0.2, -0.15) is 0 Å². The molecule has 0 spiro atoms. The predicted octanol–water partition coefficient (Wildman–Crippen LogP) is 3.25. The topological polar surface area (TPSA) is 26.0 Å². The van der Waals surface area contributed by atoms with Gasteiger partial charge in [0.05, 0.1) is 0 Å². The van der Waals surface area contributed by atoms with Gasteiger partial charge in [-0.15, -0.1) is 0 Å². The lowest BCUT2D eigenvalue weighted by Crippen LogP contribution is -1.87. The number of anilines is 1. The zero-order valence-electron chi connectivity index (χ0n) is 8.30. The van der Waals surface area contributed by atoms with Crippen molar-refractivity contribution in [1.29, 1.82) is 0 Å². The van der Waals surface area contributed by atoms with Crippen molar-refractivity contribution in [2.45, 2.75) is 33.6 Å². The second-order valence-corrected chi connectivity index (χ2v) is 2.50. The van der Waals surface area contributed by atoms with Crippen LogP contribution in [0.3, 0.4) is 0 Å². The lowest BCUT2D eigenvalue weighted by molar-refractivity contribution is 0.922. The average Bonchev–Trinajstić information content (AvgIpc) is 2.09. The zero-order chi connectivity index (χ0) is 9.40. The van der Waals surface area contributed by atoms with Gasteiger partial charge in [-0.3, -0.25) is 0 Å². The fourth-order valence-corrected chi connectivity index (χ4v) is 1.04. The zero-order valence-corrected chi connectivity index (χ0v) is 8.30. The van der Waals surface area contributed by atoms with Gasteiger partial charge >= 0.3 is 0 Å². The fraction of sp³-hybridized carbons (Fsp3) is 0.455.